The lowest BCUT2D eigenvalue weighted by molar-refractivity contribution is 0.104. The average molecular weight is 511 g/mol. The second-order valence-corrected chi connectivity index (χ2v) is 10.5. The van der Waals surface area contributed by atoms with Crippen LogP contribution in [0.5, 0.6) is 0 Å². The molecule has 0 unspecified atom stereocenters. The standard InChI is InChI=1S/C37H22N2O/c40-37-31-13-2-1-9-25(31)29-21-22-30-28-12-5-8-16-34(28)39(36(30)35(29)37)24-19-17-23(18-20-24)38-32-14-6-3-10-26(32)27-11-4-7-15-33(27)38/h1-22H. The van der Waals surface area contributed by atoms with Crippen molar-refractivity contribution in [2.45, 2.75) is 0 Å². The van der Waals surface area contributed by atoms with Gasteiger partial charge < -0.3 is 9.13 Å². The minimum absolute atomic E-state index is 0.0992. The first-order valence-electron chi connectivity index (χ1n) is 13.6. The van der Waals surface area contributed by atoms with Gasteiger partial charge >= 0.3 is 0 Å². The summed E-state index contributed by atoms with van der Waals surface area (Å²) in [6.45, 7) is 0. The Morgan fingerprint density at radius 1 is 0.375 bits per heavy atom. The highest BCUT2D eigenvalue weighted by Crippen LogP contribution is 2.44. The van der Waals surface area contributed by atoms with Gasteiger partial charge in [0, 0.05) is 38.5 Å². The molecule has 186 valence electrons. The van der Waals surface area contributed by atoms with Crippen molar-refractivity contribution in [2.75, 3.05) is 0 Å². The summed E-state index contributed by atoms with van der Waals surface area (Å²) in [7, 11) is 0. The van der Waals surface area contributed by atoms with Crippen LogP contribution in [0.3, 0.4) is 0 Å². The Hall–Kier alpha value is -5.41. The first-order chi connectivity index (χ1) is 19.8. The van der Waals surface area contributed by atoms with E-state index >= 15 is 0 Å². The van der Waals surface area contributed by atoms with Crippen LogP contribution in [0.4, 0.5) is 0 Å². The Morgan fingerprint density at radius 2 is 0.850 bits per heavy atom. The predicted molar refractivity (Wildman–Crippen MR) is 164 cm³/mol. The van der Waals surface area contributed by atoms with E-state index < -0.39 is 0 Å². The van der Waals surface area contributed by atoms with E-state index in [1.54, 1.807) is 0 Å². The molecule has 3 nitrogen and oxygen atoms in total. The highest BCUT2D eigenvalue weighted by molar-refractivity contribution is 6.29. The van der Waals surface area contributed by atoms with E-state index in [2.05, 4.69) is 124 Å². The van der Waals surface area contributed by atoms with Crippen LogP contribution in [-0.2, 0) is 0 Å². The first kappa shape index (κ1) is 21.5. The summed E-state index contributed by atoms with van der Waals surface area (Å²) in [5.74, 6) is 0.0992. The minimum atomic E-state index is 0.0992. The molecule has 3 heteroatoms. The second kappa shape index (κ2) is 7.81. The zero-order chi connectivity index (χ0) is 26.4. The van der Waals surface area contributed by atoms with E-state index in [0.29, 0.717) is 0 Å². The SMILES string of the molecule is O=C1c2ccccc2-c2ccc3c4ccccc4n(-c4ccc(-n5c6ccccc6c6ccccc65)cc4)c3c21. The maximum Gasteiger partial charge on any atom is 0.196 e. The Bertz CT molecular complexity index is 2280. The molecular weight excluding hydrogens is 488 g/mol. The lowest BCUT2D eigenvalue weighted by atomic mass is 10.0. The van der Waals surface area contributed by atoms with Gasteiger partial charge in [-0.2, -0.15) is 0 Å². The normalized spacial score (nSPS) is 12.6. The highest BCUT2D eigenvalue weighted by atomic mass is 16.1. The smallest absolute Gasteiger partial charge is 0.196 e. The molecule has 0 N–H and O–H groups in total. The summed E-state index contributed by atoms with van der Waals surface area (Å²) in [5.41, 5.74) is 10.2. The number of fused-ring (bicyclic) bond motifs is 10. The molecule has 0 spiro atoms. The fourth-order valence-corrected chi connectivity index (χ4v) is 6.78. The molecule has 40 heavy (non-hydrogen) atoms. The molecule has 0 saturated carbocycles. The maximum atomic E-state index is 13.8. The Kier molecular flexibility index (Phi) is 4.20. The van der Waals surface area contributed by atoms with E-state index in [4.69, 9.17) is 0 Å². The van der Waals surface area contributed by atoms with Crippen molar-refractivity contribution >= 4 is 49.4 Å². The van der Waals surface area contributed by atoms with Gasteiger partial charge in [0.1, 0.15) is 0 Å². The summed E-state index contributed by atoms with van der Waals surface area (Å²) >= 11 is 0. The van der Waals surface area contributed by atoms with Gasteiger partial charge in [-0.1, -0.05) is 91.0 Å². The Morgan fingerprint density at radius 3 is 1.48 bits per heavy atom. The third kappa shape index (κ3) is 2.71. The zero-order valence-electron chi connectivity index (χ0n) is 21.5. The molecule has 0 bridgehead atoms. The van der Waals surface area contributed by atoms with Gasteiger partial charge in [-0.15, -0.1) is 0 Å². The molecule has 0 radical (unpaired) electrons. The van der Waals surface area contributed by atoms with Crippen LogP contribution in [-0.4, -0.2) is 14.9 Å². The fourth-order valence-electron chi connectivity index (χ4n) is 6.78. The highest BCUT2D eigenvalue weighted by Gasteiger charge is 2.31. The lowest BCUT2D eigenvalue weighted by Gasteiger charge is -2.13. The number of ketones is 1. The van der Waals surface area contributed by atoms with Crippen molar-refractivity contribution in [3.8, 4) is 22.5 Å². The number of benzene rings is 6. The molecule has 0 atom stereocenters. The van der Waals surface area contributed by atoms with E-state index in [9.17, 15) is 4.79 Å². The van der Waals surface area contributed by atoms with Crippen LogP contribution in [0.25, 0.3) is 66.1 Å². The number of para-hydroxylation sites is 3. The monoisotopic (exact) mass is 510 g/mol. The number of hydrogen-bond acceptors (Lipinski definition) is 1. The Balaban J connectivity index is 1.31. The second-order valence-electron chi connectivity index (χ2n) is 10.5. The van der Waals surface area contributed by atoms with Gasteiger partial charge in [-0.25, -0.2) is 0 Å². The predicted octanol–water partition coefficient (Wildman–Crippen LogP) is 9.09. The number of carbonyl (C=O) groups is 1. The topological polar surface area (TPSA) is 26.9 Å². The van der Waals surface area contributed by atoms with Crippen molar-refractivity contribution in [1.82, 2.24) is 9.13 Å². The zero-order valence-corrected chi connectivity index (χ0v) is 21.5. The van der Waals surface area contributed by atoms with E-state index in [1.165, 1.54) is 21.8 Å². The molecule has 2 aromatic heterocycles. The molecule has 0 fully saturated rings. The van der Waals surface area contributed by atoms with Crippen LogP contribution in [0.15, 0.2) is 133 Å². The van der Waals surface area contributed by atoms with Gasteiger partial charge in [0.15, 0.2) is 5.78 Å². The molecule has 1 aliphatic rings. The van der Waals surface area contributed by atoms with Gasteiger partial charge in [-0.05, 0) is 53.6 Å². The quantitative estimate of drug-likeness (QED) is 0.228. The van der Waals surface area contributed by atoms with E-state index in [1.807, 2.05) is 18.2 Å². The first-order valence-corrected chi connectivity index (χ1v) is 13.6. The summed E-state index contributed by atoms with van der Waals surface area (Å²) in [6.07, 6.45) is 0. The number of nitrogens with zero attached hydrogens (tertiary/aromatic N) is 2. The third-order valence-corrected chi connectivity index (χ3v) is 8.47. The van der Waals surface area contributed by atoms with Gasteiger partial charge in [-0.3, -0.25) is 4.79 Å². The summed E-state index contributed by atoms with van der Waals surface area (Å²) < 4.78 is 4.60. The molecule has 2 heterocycles. The van der Waals surface area contributed by atoms with E-state index in [0.717, 1.165) is 55.4 Å². The lowest BCUT2D eigenvalue weighted by Crippen LogP contribution is -2.02. The summed E-state index contributed by atoms with van der Waals surface area (Å²) in [6, 6.07) is 46.6. The maximum absolute atomic E-state index is 13.8. The number of hydrogen-bond donors (Lipinski definition) is 0. The van der Waals surface area contributed by atoms with Crippen molar-refractivity contribution < 1.29 is 4.79 Å². The number of aromatic nitrogens is 2. The van der Waals surface area contributed by atoms with Crippen LogP contribution in [0, 0.1) is 0 Å². The number of rotatable bonds is 2. The van der Waals surface area contributed by atoms with Crippen LogP contribution in [0.1, 0.15) is 15.9 Å². The molecule has 0 amide bonds. The molecule has 0 saturated heterocycles. The van der Waals surface area contributed by atoms with Gasteiger partial charge in [0.25, 0.3) is 0 Å². The number of carbonyl (C=O) groups excluding carboxylic acids is 1. The van der Waals surface area contributed by atoms with Crippen molar-refractivity contribution in [3.05, 3.63) is 145 Å². The summed E-state index contributed by atoms with van der Waals surface area (Å²) in [4.78, 5) is 13.8. The Labute approximate surface area is 230 Å². The third-order valence-electron chi connectivity index (χ3n) is 8.47. The average Bonchev–Trinajstić information content (AvgIpc) is 3.63. The summed E-state index contributed by atoms with van der Waals surface area (Å²) in [5, 5.41) is 4.74. The van der Waals surface area contributed by atoms with E-state index in [-0.39, 0.29) is 5.78 Å². The van der Waals surface area contributed by atoms with Crippen molar-refractivity contribution in [2.24, 2.45) is 0 Å². The van der Waals surface area contributed by atoms with Crippen LogP contribution in [0.2, 0.25) is 0 Å². The van der Waals surface area contributed by atoms with Crippen LogP contribution >= 0.6 is 0 Å². The molecule has 6 aromatic carbocycles. The van der Waals surface area contributed by atoms with Crippen LogP contribution < -0.4 is 0 Å². The fraction of sp³-hybridized carbons (Fsp3) is 0. The van der Waals surface area contributed by atoms with Crippen molar-refractivity contribution in [3.63, 3.8) is 0 Å². The molecular formula is C37H22N2O. The molecule has 0 aliphatic heterocycles. The van der Waals surface area contributed by atoms with Gasteiger partial charge in [0.05, 0.1) is 27.6 Å². The molecule has 9 rings (SSSR count). The largest absolute Gasteiger partial charge is 0.309 e. The molecule has 8 aromatic rings. The van der Waals surface area contributed by atoms with Gasteiger partial charge in [0.2, 0.25) is 0 Å². The molecule has 1 aliphatic carbocycles. The minimum Gasteiger partial charge on any atom is -0.309 e. The van der Waals surface area contributed by atoms with Crippen molar-refractivity contribution in [1.29, 1.82) is 0 Å².